The number of amides is 2. The maximum Gasteiger partial charge on any atom is 0.307 e. The van der Waals surface area contributed by atoms with Gasteiger partial charge in [0.1, 0.15) is 12.2 Å². The van der Waals surface area contributed by atoms with Crippen molar-refractivity contribution in [3.8, 4) is 0 Å². The number of hydroxylamine groups is 2. The molecule has 9 heteroatoms. The van der Waals surface area contributed by atoms with E-state index in [2.05, 4.69) is 10.6 Å². The van der Waals surface area contributed by atoms with Gasteiger partial charge in [-0.2, -0.15) is 0 Å². The third kappa shape index (κ3) is 7.08. The molecule has 0 radical (unpaired) electrons. The van der Waals surface area contributed by atoms with E-state index >= 15 is 0 Å². The molecule has 0 saturated carbocycles. The number of rotatable bonds is 9. The molecule has 2 amide bonds. The zero-order valence-corrected chi connectivity index (χ0v) is 14.6. The number of aromatic nitrogens is 1. The Kier molecular flexibility index (Phi) is 8.21. The maximum atomic E-state index is 12.1. The molecule has 0 aliphatic heterocycles. The smallest absolute Gasteiger partial charge is 0.307 e. The summed E-state index contributed by atoms with van der Waals surface area (Å²) in [7, 11) is 1.66. The Morgan fingerprint density at radius 2 is 2.12 bits per heavy atom. The Morgan fingerprint density at radius 3 is 2.76 bits per heavy atom. The van der Waals surface area contributed by atoms with Crippen molar-refractivity contribution in [1.82, 2.24) is 14.9 Å². The highest BCUT2D eigenvalue weighted by molar-refractivity contribution is 5.97. The molecule has 138 valence electrons. The molecular weight excluding hydrogens is 328 g/mol. The van der Waals surface area contributed by atoms with Crippen molar-refractivity contribution >= 4 is 23.5 Å². The van der Waals surface area contributed by atoms with Crippen molar-refractivity contribution in [2.45, 2.75) is 20.3 Å². The topological polar surface area (TPSA) is 113 Å². The highest BCUT2D eigenvalue weighted by Crippen LogP contribution is 2.13. The van der Waals surface area contributed by atoms with Crippen molar-refractivity contribution in [2.24, 2.45) is 7.05 Å². The quantitative estimate of drug-likeness (QED) is 0.449. The fourth-order valence-electron chi connectivity index (χ4n) is 2.03. The number of ether oxygens (including phenoxy) is 1. The number of carbonyl (C=O) groups excluding carboxylic acids is 3. The molecule has 0 unspecified atom stereocenters. The molecule has 3 N–H and O–H groups in total. The van der Waals surface area contributed by atoms with Crippen LogP contribution in [0.1, 0.15) is 30.8 Å². The zero-order valence-electron chi connectivity index (χ0n) is 14.6. The number of hydrogen-bond donors (Lipinski definition) is 3. The van der Waals surface area contributed by atoms with Gasteiger partial charge in [0.25, 0.3) is 5.91 Å². The SMILES string of the molecule is C/C=C\N(O)CC(=O)Nc1cc(C(=O)NCCC(=O)OCC)n(C)c1. The second-order valence-electron chi connectivity index (χ2n) is 5.16. The average molecular weight is 352 g/mol. The second-order valence-corrected chi connectivity index (χ2v) is 5.16. The molecule has 0 atom stereocenters. The Balaban J connectivity index is 2.56. The van der Waals surface area contributed by atoms with Gasteiger partial charge in [-0.1, -0.05) is 6.08 Å². The Hall–Kier alpha value is -2.81. The fraction of sp³-hybridized carbons (Fsp3) is 0.438. The van der Waals surface area contributed by atoms with Gasteiger partial charge in [-0.05, 0) is 19.9 Å². The number of nitrogens with one attached hydrogen (secondary N) is 2. The van der Waals surface area contributed by atoms with Crippen LogP contribution in [0.5, 0.6) is 0 Å². The van der Waals surface area contributed by atoms with Crippen molar-refractivity contribution in [3.05, 3.63) is 30.2 Å². The predicted octanol–water partition coefficient (Wildman–Crippen LogP) is 0.871. The Bertz CT molecular complexity index is 638. The van der Waals surface area contributed by atoms with Crippen LogP contribution in [0.25, 0.3) is 0 Å². The molecule has 0 aliphatic rings. The van der Waals surface area contributed by atoms with E-state index in [0.717, 1.165) is 5.06 Å². The van der Waals surface area contributed by atoms with Gasteiger partial charge >= 0.3 is 5.97 Å². The molecule has 0 spiro atoms. The summed E-state index contributed by atoms with van der Waals surface area (Å²) in [6.45, 7) is 3.65. The summed E-state index contributed by atoms with van der Waals surface area (Å²) in [6.07, 6.45) is 4.61. The van der Waals surface area contributed by atoms with E-state index in [9.17, 15) is 19.6 Å². The average Bonchev–Trinajstić information content (AvgIpc) is 2.87. The monoisotopic (exact) mass is 352 g/mol. The highest BCUT2D eigenvalue weighted by atomic mass is 16.5. The fourth-order valence-corrected chi connectivity index (χ4v) is 2.03. The first-order valence-electron chi connectivity index (χ1n) is 7.85. The molecule has 25 heavy (non-hydrogen) atoms. The van der Waals surface area contributed by atoms with Crippen molar-refractivity contribution in [2.75, 3.05) is 25.0 Å². The van der Waals surface area contributed by atoms with Crippen LogP contribution in [-0.2, 0) is 21.4 Å². The van der Waals surface area contributed by atoms with E-state index in [1.807, 2.05) is 0 Å². The van der Waals surface area contributed by atoms with Gasteiger partial charge in [0.15, 0.2) is 0 Å². The molecule has 0 saturated heterocycles. The lowest BCUT2D eigenvalue weighted by atomic mass is 10.3. The predicted molar refractivity (Wildman–Crippen MR) is 90.9 cm³/mol. The Morgan fingerprint density at radius 1 is 1.40 bits per heavy atom. The minimum atomic E-state index is -0.430. The van der Waals surface area contributed by atoms with E-state index in [4.69, 9.17) is 4.74 Å². The summed E-state index contributed by atoms with van der Waals surface area (Å²) in [5, 5.41) is 15.4. The third-order valence-electron chi connectivity index (χ3n) is 3.07. The van der Waals surface area contributed by atoms with Crippen LogP contribution >= 0.6 is 0 Å². The number of allylic oxidation sites excluding steroid dienone is 1. The van der Waals surface area contributed by atoms with Gasteiger partial charge in [0.2, 0.25) is 5.91 Å². The van der Waals surface area contributed by atoms with Gasteiger partial charge in [-0.25, -0.2) is 0 Å². The molecule has 0 bridgehead atoms. The van der Waals surface area contributed by atoms with Crippen LogP contribution in [0.2, 0.25) is 0 Å². The van der Waals surface area contributed by atoms with Crippen molar-refractivity contribution in [1.29, 1.82) is 0 Å². The summed E-state index contributed by atoms with van der Waals surface area (Å²) in [5.41, 5.74) is 0.755. The van der Waals surface area contributed by atoms with Crippen LogP contribution in [0.3, 0.4) is 0 Å². The first-order chi connectivity index (χ1) is 11.9. The molecule has 0 aromatic carbocycles. The highest BCUT2D eigenvalue weighted by Gasteiger charge is 2.14. The summed E-state index contributed by atoms with van der Waals surface area (Å²) in [5.74, 6) is -1.18. The Labute approximate surface area is 146 Å². The summed E-state index contributed by atoms with van der Waals surface area (Å²) < 4.78 is 6.33. The largest absolute Gasteiger partial charge is 0.466 e. The van der Waals surface area contributed by atoms with Crippen molar-refractivity contribution in [3.63, 3.8) is 0 Å². The number of aryl methyl sites for hydroxylation is 1. The van der Waals surface area contributed by atoms with Crippen molar-refractivity contribution < 1.29 is 24.3 Å². The first-order valence-corrected chi connectivity index (χ1v) is 7.85. The van der Waals surface area contributed by atoms with Gasteiger partial charge in [-0.15, -0.1) is 0 Å². The van der Waals surface area contributed by atoms with E-state index in [-0.39, 0.29) is 31.4 Å². The standard InChI is InChI=1S/C16H24N4O5/c1-4-8-20(24)11-14(21)18-12-9-13(19(3)10-12)16(23)17-7-6-15(22)25-5-2/h4,8-10,24H,5-7,11H2,1-3H3,(H,17,23)(H,18,21)/b8-4-. The molecule has 0 aliphatic carbocycles. The van der Waals surface area contributed by atoms with Crippen LogP contribution in [-0.4, -0.2) is 52.3 Å². The van der Waals surface area contributed by atoms with Gasteiger partial charge in [-0.3, -0.25) is 24.7 Å². The lowest BCUT2D eigenvalue weighted by Gasteiger charge is -2.10. The van der Waals surface area contributed by atoms with Crippen LogP contribution in [0.15, 0.2) is 24.5 Å². The number of hydrogen-bond acceptors (Lipinski definition) is 6. The van der Waals surface area contributed by atoms with Crippen LogP contribution in [0, 0.1) is 0 Å². The lowest BCUT2D eigenvalue weighted by molar-refractivity contribution is -0.142. The molecule has 9 nitrogen and oxygen atoms in total. The number of esters is 1. The van der Waals surface area contributed by atoms with Crippen LogP contribution < -0.4 is 10.6 Å². The maximum absolute atomic E-state index is 12.1. The third-order valence-corrected chi connectivity index (χ3v) is 3.07. The molecule has 1 aromatic heterocycles. The molecule has 1 rings (SSSR count). The van der Waals surface area contributed by atoms with Gasteiger partial charge in [0.05, 0.1) is 18.7 Å². The molecular formula is C16H24N4O5. The first kappa shape index (κ1) is 20.2. The van der Waals surface area contributed by atoms with E-state index in [1.165, 1.54) is 12.3 Å². The van der Waals surface area contributed by atoms with E-state index in [0.29, 0.717) is 18.0 Å². The second kappa shape index (κ2) is 10.1. The molecule has 1 heterocycles. The van der Waals surface area contributed by atoms with Gasteiger partial charge in [0, 0.05) is 26.0 Å². The summed E-state index contributed by atoms with van der Waals surface area (Å²) >= 11 is 0. The summed E-state index contributed by atoms with van der Waals surface area (Å²) in [6, 6.07) is 1.51. The molecule has 1 aromatic rings. The molecule has 0 fully saturated rings. The number of nitrogens with zero attached hydrogens (tertiary/aromatic N) is 2. The van der Waals surface area contributed by atoms with Gasteiger partial charge < -0.3 is 19.9 Å². The lowest BCUT2D eigenvalue weighted by Crippen LogP contribution is -2.28. The van der Waals surface area contributed by atoms with E-state index < -0.39 is 5.91 Å². The van der Waals surface area contributed by atoms with E-state index in [1.54, 1.807) is 37.7 Å². The minimum absolute atomic E-state index is 0.0882. The summed E-state index contributed by atoms with van der Waals surface area (Å²) in [4.78, 5) is 35.1. The minimum Gasteiger partial charge on any atom is -0.466 e. The normalized spacial score (nSPS) is 10.6. The number of anilines is 1. The number of carbonyl (C=O) groups is 3. The zero-order chi connectivity index (χ0) is 18.8. The van der Waals surface area contributed by atoms with Crippen LogP contribution in [0.4, 0.5) is 5.69 Å².